The van der Waals surface area contributed by atoms with E-state index in [9.17, 15) is 18.5 Å². The number of primary sulfonamides is 1. The third kappa shape index (κ3) is 3.29. The summed E-state index contributed by atoms with van der Waals surface area (Å²) in [6, 6.07) is 5.04. The Labute approximate surface area is 118 Å². The van der Waals surface area contributed by atoms with Crippen molar-refractivity contribution in [1.29, 1.82) is 0 Å². The second-order valence-corrected chi connectivity index (χ2v) is 6.14. The first-order chi connectivity index (χ1) is 9.38. The van der Waals surface area contributed by atoms with E-state index < -0.39 is 14.9 Å². The van der Waals surface area contributed by atoms with E-state index >= 15 is 0 Å². The van der Waals surface area contributed by atoms with Crippen LogP contribution in [0.1, 0.15) is 0 Å². The first kappa shape index (κ1) is 14.4. The van der Waals surface area contributed by atoms with Gasteiger partial charge in [0.05, 0.1) is 14.7 Å². The fourth-order valence-electron chi connectivity index (χ4n) is 1.34. The van der Waals surface area contributed by atoms with Gasteiger partial charge in [0, 0.05) is 18.5 Å². The molecular weight excluding hydrogens is 304 g/mol. The molecule has 10 heteroatoms. The van der Waals surface area contributed by atoms with Crippen molar-refractivity contribution in [3.05, 3.63) is 46.8 Å². The number of hydrogen-bond acceptors (Lipinski definition) is 7. The number of nitro benzene ring substituents is 1. The van der Waals surface area contributed by atoms with Crippen LogP contribution in [-0.4, -0.2) is 23.3 Å². The van der Waals surface area contributed by atoms with Gasteiger partial charge in [0.1, 0.15) is 0 Å². The molecule has 2 N–H and O–H groups in total. The van der Waals surface area contributed by atoms with Gasteiger partial charge in [-0.2, -0.15) is 0 Å². The van der Waals surface area contributed by atoms with Crippen molar-refractivity contribution in [3.8, 4) is 0 Å². The average Bonchev–Trinajstić information content (AvgIpc) is 2.38. The van der Waals surface area contributed by atoms with Crippen LogP contribution in [0.15, 0.2) is 51.6 Å². The number of rotatable bonds is 4. The maximum Gasteiger partial charge on any atom is 0.284 e. The molecule has 0 amide bonds. The quantitative estimate of drug-likeness (QED) is 0.509. The number of sulfonamides is 1. The highest BCUT2D eigenvalue weighted by Gasteiger charge is 2.20. The fourth-order valence-corrected chi connectivity index (χ4v) is 2.67. The standard InChI is InChI=1S/C10H8N4O4S2/c11-20(17,18)7-2-3-9(8(6-7)14(15)16)19-10-12-4-1-5-13-10/h1-6H,(H2,11,17,18). The molecule has 0 saturated heterocycles. The van der Waals surface area contributed by atoms with Crippen LogP contribution in [0, 0.1) is 10.1 Å². The smallest absolute Gasteiger partial charge is 0.258 e. The van der Waals surface area contributed by atoms with Gasteiger partial charge in [-0.25, -0.2) is 23.5 Å². The molecule has 8 nitrogen and oxygen atoms in total. The Morgan fingerprint density at radius 3 is 2.45 bits per heavy atom. The molecule has 0 aliphatic heterocycles. The summed E-state index contributed by atoms with van der Waals surface area (Å²) in [5, 5.41) is 16.3. The number of nitrogens with two attached hydrogens (primary N) is 1. The molecule has 1 aromatic heterocycles. The van der Waals surface area contributed by atoms with Crippen LogP contribution in [0.25, 0.3) is 0 Å². The predicted octanol–water partition coefficient (Wildman–Crippen LogP) is 1.18. The van der Waals surface area contributed by atoms with Crippen LogP contribution in [0.3, 0.4) is 0 Å². The van der Waals surface area contributed by atoms with Gasteiger partial charge >= 0.3 is 0 Å². The third-order valence-electron chi connectivity index (χ3n) is 2.20. The Balaban J connectivity index is 2.46. The van der Waals surface area contributed by atoms with Gasteiger partial charge in [-0.3, -0.25) is 10.1 Å². The van der Waals surface area contributed by atoms with Gasteiger partial charge in [-0.05, 0) is 30.0 Å². The second kappa shape index (κ2) is 5.53. The Morgan fingerprint density at radius 1 is 1.25 bits per heavy atom. The Morgan fingerprint density at radius 2 is 1.90 bits per heavy atom. The maximum atomic E-state index is 11.2. The molecule has 20 heavy (non-hydrogen) atoms. The van der Waals surface area contributed by atoms with Crippen molar-refractivity contribution < 1.29 is 13.3 Å². The minimum absolute atomic E-state index is 0.230. The summed E-state index contributed by atoms with van der Waals surface area (Å²) in [5.41, 5.74) is -0.367. The highest BCUT2D eigenvalue weighted by molar-refractivity contribution is 7.99. The summed E-state index contributed by atoms with van der Waals surface area (Å²) >= 11 is 0.962. The van der Waals surface area contributed by atoms with Gasteiger partial charge in [-0.15, -0.1) is 0 Å². The molecular formula is C10H8N4O4S2. The number of nitrogens with zero attached hydrogens (tertiary/aromatic N) is 3. The van der Waals surface area contributed by atoms with Crippen LogP contribution in [0.4, 0.5) is 5.69 Å². The lowest BCUT2D eigenvalue weighted by Gasteiger charge is -2.03. The molecule has 104 valence electrons. The van der Waals surface area contributed by atoms with Crippen molar-refractivity contribution >= 4 is 27.5 Å². The average molecular weight is 312 g/mol. The summed E-state index contributed by atoms with van der Waals surface area (Å²) in [5.74, 6) is 0. The van der Waals surface area contributed by atoms with E-state index in [1.165, 1.54) is 24.5 Å². The van der Waals surface area contributed by atoms with Crippen molar-refractivity contribution in [1.82, 2.24) is 9.97 Å². The Bertz CT molecular complexity index is 749. The van der Waals surface area contributed by atoms with E-state index in [2.05, 4.69) is 9.97 Å². The summed E-state index contributed by atoms with van der Waals surface area (Å²) in [6.07, 6.45) is 3.00. The zero-order chi connectivity index (χ0) is 14.8. The molecule has 2 aromatic rings. The number of hydrogen-bond donors (Lipinski definition) is 1. The minimum Gasteiger partial charge on any atom is -0.258 e. The molecule has 0 radical (unpaired) electrons. The van der Waals surface area contributed by atoms with Crippen molar-refractivity contribution in [2.24, 2.45) is 5.14 Å². The molecule has 1 aromatic carbocycles. The molecule has 0 bridgehead atoms. The fraction of sp³-hybridized carbons (Fsp3) is 0. The van der Waals surface area contributed by atoms with Crippen molar-refractivity contribution in [2.45, 2.75) is 14.9 Å². The van der Waals surface area contributed by atoms with Gasteiger partial charge < -0.3 is 0 Å². The van der Waals surface area contributed by atoms with Crippen molar-refractivity contribution in [2.75, 3.05) is 0 Å². The normalized spacial score (nSPS) is 11.2. The Hall–Kier alpha value is -2.04. The monoisotopic (exact) mass is 312 g/mol. The molecule has 0 aliphatic carbocycles. The zero-order valence-electron chi connectivity index (χ0n) is 9.83. The summed E-state index contributed by atoms with van der Waals surface area (Å²) in [4.78, 5) is 18.1. The van der Waals surface area contributed by atoms with E-state index in [0.717, 1.165) is 17.8 Å². The van der Waals surface area contributed by atoms with E-state index in [1.807, 2.05) is 0 Å². The van der Waals surface area contributed by atoms with Crippen LogP contribution >= 0.6 is 11.8 Å². The van der Waals surface area contributed by atoms with E-state index in [1.54, 1.807) is 6.07 Å². The van der Waals surface area contributed by atoms with E-state index in [4.69, 9.17) is 5.14 Å². The third-order valence-corrected chi connectivity index (χ3v) is 4.07. The SMILES string of the molecule is NS(=O)(=O)c1ccc(Sc2ncccn2)c([N+](=O)[O-])c1. The van der Waals surface area contributed by atoms with Crippen LogP contribution in [0.2, 0.25) is 0 Å². The van der Waals surface area contributed by atoms with Gasteiger partial charge in [-0.1, -0.05) is 0 Å². The van der Waals surface area contributed by atoms with Crippen LogP contribution < -0.4 is 5.14 Å². The zero-order valence-corrected chi connectivity index (χ0v) is 11.5. The van der Waals surface area contributed by atoms with E-state index in [-0.39, 0.29) is 15.5 Å². The van der Waals surface area contributed by atoms with Crippen LogP contribution in [-0.2, 0) is 10.0 Å². The van der Waals surface area contributed by atoms with Gasteiger partial charge in [0.25, 0.3) is 5.69 Å². The first-order valence-corrected chi connectivity index (χ1v) is 7.50. The Kier molecular flexibility index (Phi) is 3.97. The highest BCUT2D eigenvalue weighted by atomic mass is 32.2. The minimum atomic E-state index is -3.99. The second-order valence-electron chi connectivity index (χ2n) is 3.57. The number of nitro groups is 1. The molecule has 1 heterocycles. The predicted molar refractivity (Wildman–Crippen MR) is 70.6 cm³/mol. The molecule has 0 spiro atoms. The highest BCUT2D eigenvalue weighted by Crippen LogP contribution is 2.34. The van der Waals surface area contributed by atoms with Gasteiger partial charge in [0.15, 0.2) is 5.16 Å². The molecule has 0 unspecified atom stereocenters. The lowest BCUT2D eigenvalue weighted by molar-refractivity contribution is -0.388. The van der Waals surface area contributed by atoms with Crippen LogP contribution in [0.5, 0.6) is 0 Å². The molecule has 0 fully saturated rings. The molecule has 0 saturated carbocycles. The number of benzene rings is 1. The largest absolute Gasteiger partial charge is 0.284 e. The summed E-state index contributed by atoms with van der Waals surface area (Å²) in [7, 11) is -3.99. The molecule has 2 rings (SSSR count). The summed E-state index contributed by atoms with van der Waals surface area (Å²) in [6.45, 7) is 0. The first-order valence-electron chi connectivity index (χ1n) is 5.14. The van der Waals surface area contributed by atoms with Crippen molar-refractivity contribution in [3.63, 3.8) is 0 Å². The number of aromatic nitrogens is 2. The summed E-state index contributed by atoms with van der Waals surface area (Å²) < 4.78 is 22.4. The molecule has 0 atom stereocenters. The van der Waals surface area contributed by atoms with E-state index in [0.29, 0.717) is 5.16 Å². The molecule has 0 aliphatic rings. The lowest BCUT2D eigenvalue weighted by Crippen LogP contribution is -2.12. The topological polar surface area (TPSA) is 129 Å². The maximum absolute atomic E-state index is 11.2. The van der Waals surface area contributed by atoms with Gasteiger partial charge in [0.2, 0.25) is 10.0 Å². The lowest BCUT2D eigenvalue weighted by atomic mass is 10.3.